The minimum Gasteiger partial charge on any atom is -0.494 e. The van der Waals surface area contributed by atoms with Gasteiger partial charge < -0.3 is 14.2 Å². The van der Waals surface area contributed by atoms with Gasteiger partial charge in [0.2, 0.25) is 0 Å². The summed E-state index contributed by atoms with van der Waals surface area (Å²) < 4.78 is 17.3. The Morgan fingerprint density at radius 1 is 0.750 bits per heavy atom. The van der Waals surface area contributed by atoms with E-state index in [4.69, 9.17) is 14.2 Å². The SMILES string of the molecule is CCOc1ccc(CC(C)COCc2cccc(Oc3ccccc3)c2)cc1. The highest BCUT2D eigenvalue weighted by molar-refractivity contribution is 5.33. The molecule has 3 heteroatoms. The van der Waals surface area contributed by atoms with Crippen molar-refractivity contribution >= 4 is 0 Å². The molecule has 3 aromatic rings. The van der Waals surface area contributed by atoms with Crippen LogP contribution in [0, 0.1) is 5.92 Å². The normalized spacial score (nSPS) is 11.8. The second kappa shape index (κ2) is 10.5. The van der Waals surface area contributed by atoms with Gasteiger partial charge in [0.25, 0.3) is 0 Å². The van der Waals surface area contributed by atoms with Gasteiger partial charge >= 0.3 is 0 Å². The van der Waals surface area contributed by atoms with Gasteiger partial charge in [-0.05, 0) is 66.8 Å². The third-order valence-corrected chi connectivity index (χ3v) is 4.37. The molecule has 0 aromatic heterocycles. The van der Waals surface area contributed by atoms with E-state index in [0.717, 1.165) is 35.8 Å². The first-order valence-electron chi connectivity index (χ1n) is 9.84. The average Bonchev–Trinajstić information content (AvgIpc) is 2.71. The second-order valence-electron chi connectivity index (χ2n) is 6.96. The van der Waals surface area contributed by atoms with Crippen molar-refractivity contribution in [2.45, 2.75) is 26.9 Å². The molecule has 0 fully saturated rings. The van der Waals surface area contributed by atoms with Crippen LogP contribution < -0.4 is 9.47 Å². The molecule has 0 heterocycles. The van der Waals surface area contributed by atoms with Gasteiger partial charge in [0.15, 0.2) is 0 Å². The van der Waals surface area contributed by atoms with Crippen LogP contribution in [0.1, 0.15) is 25.0 Å². The molecule has 3 nitrogen and oxygen atoms in total. The first-order valence-corrected chi connectivity index (χ1v) is 9.84. The number of hydrogen-bond acceptors (Lipinski definition) is 3. The first-order chi connectivity index (χ1) is 13.7. The zero-order valence-corrected chi connectivity index (χ0v) is 16.6. The first kappa shape index (κ1) is 20.0. The zero-order chi connectivity index (χ0) is 19.6. The molecule has 3 aromatic carbocycles. The molecular formula is C25H28O3. The van der Waals surface area contributed by atoms with E-state index in [2.05, 4.69) is 25.1 Å². The van der Waals surface area contributed by atoms with Gasteiger partial charge in [-0.25, -0.2) is 0 Å². The van der Waals surface area contributed by atoms with Crippen molar-refractivity contribution in [2.75, 3.05) is 13.2 Å². The minimum atomic E-state index is 0.446. The number of hydrogen-bond donors (Lipinski definition) is 0. The molecule has 0 aliphatic rings. The predicted octanol–water partition coefficient (Wildman–Crippen LogP) is 6.27. The smallest absolute Gasteiger partial charge is 0.127 e. The Labute approximate surface area is 167 Å². The molecule has 0 amide bonds. The maximum absolute atomic E-state index is 5.94. The van der Waals surface area contributed by atoms with Crippen molar-refractivity contribution in [1.29, 1.82) is 0 Å². The van der Waals surface area contributed by atoms with Gasteiger partial charge in [-0.1, -0.05) is 49.4 Å². The summed E-state index contributed by atoms with van der Waals surface area (Å²) in [7, 11) is 0. The number of benzene rings is 3. The largest absolute Gasteiger partial charge is 0.494 e. The Bertz CT molecular complexity index is 828. The Hall–Kier alpha value is -2.78. The standard InChI is InChI=1S/C25H28O3/c1-3-27-23-14-12-21(13-15-23)16-20(2)18-26-19-22-8-7-11-25(17-22)28-24-9-5-4-6-10-24/h4-15,17,20H,3,16,18-19H2,1-2H3. The van der Waals surface area contributed by atoms with E-state index in [1.807, 2.05) is 67.6 Å². The molecule has 0 bridgehead atoms. The van der Waals surface area contributed by atoms with Crippen molar-refractivity contribution in [3.05, 3.63) is 90.0 Å². The van der Waals surface area contributed by atoms with Gasteiger partial charge in [-0.2, -0.15) is 0 Å². The number of para-hydroxylation sites is 1. The van der Waals surface area contributed by atoms with E-state index in [1.54, 1.807) is 0 Å². The van der Waals surface area contributed by atoms with Crippen molar-refractivity contribution in [1.82, 2.24) is 0 Å². The summed E-state index contributed by atoms with van der Waals surface area (Å²) in [5, 5.41) is 0. The highest BCUT2D eigenvalue weighted by Gasteiger charge is 2.06. The van der Waals surface area contributed by atoms with Crippen LogP contribution in [-0.4, -0.2) is 13.2 Å². The fraction of sp³-hybridized carbons (Fsp3) is 0.280. The molecule has 28 heavy (non-hydrogen) atoms. The van der Waals surface area contributed by atoms with Crippen LogP contribution in [0.15, 0.2) is 78.9 Å². The van der Waals surface area contributed by atoms with Crippen LogP contribution in [0.3, 0.4) is 0 Å². The maximum Gasteiger partial charge on any atom is 0.127 e. The molecule has 146 valence electrons. The van der Waals surface area contributed by atoms with Gasteiger partial charge in [-0.3, -0.25) is 0 Å². The summed E-state index contributed by atoms with van der Waals surface area (Å²) >= 11 is 0. The lowest BCUT2D eigenvalue weighted by molar-refractivity contribution is 0.0920. The molecule has 0 saturated carbocycles. The fourth-order valence-corrected chi connectivity index (χ4v) is 3.05. The number of rotatable bonds is 10. The summed E-state index contributed by atoms with van der Waals surface area (Å²) in [6.45, 7) is 6.21. The van der Waals surface area contributed by atoms with E-state index in [0.29, 0.717) is 19.1 Å². The number of ether oxygens (including phenoxy) is 3. The molecule has 0 radical (unpaired) electrons. The molecule has 0 aliphatic heterocycles. The molecule has 0 aliphatic carbocycles. The fourth-order valence-electron chi connectivity index (χ4n) is 3.05. The van der Waals surface area contributed by atoms with Gasteiger partial charge in [0.05, 0.1) is 13.2 Å². The Morgan fingerprint density at radius 3 is 2.25 bits per heavy atom. The molecule has 0 spiro atoms. The highest BCUT2D eigenvalue weighted by atomic mass is 16.5. The van der Waals surface area contributed by atoms with E-state index >= 15 is 0 Å². The third-order valence-electron chi connectivity index (χ3n) is 4.37. The zero-order valence-electron chi connectivity index (χ0n) is 16.6. The van der Waals surface area contributed by atoms with Gasteiger partial charge in [0.1, 0.15) is 17.2 Å². The summed E-state index contributed by atoms with van der Waals surface area (Å²) in [5.74, 6) is 3.04. The van der Waals surface area contributed by atoms with Crippen LogP contribution in [0.25, 0.3) is 0 Å². The lowest BCUT2D eigenvalue weighted by Crippen LogP contribution is -2.09. The monoisotopic (exact) mass is 376 g/mol. The van der Waals surface area contributed by atoms with Crippen LogP contribution in [0.2, 0.25) is 0 Å². The van der Waals surface area contributed by atoms with Crippen molar-refractivity contribution in [3.63, 3.8) is 0 Å². The van der Waals surface area contributed by atoms with Crippen LogP contribution in [0.4, 0.5) is 0 Å². The molecule has 0 saturated heterocycles. The molecule has 1 atom stereocenters. The lowest BCUT2D eigenvalue weighted by atomic mass is 10.0. The lowest BCUT2D eigenvalue weighted by Gasteiger charge is -2.13. The molecule has 3 rings (SSSR count). The maximum atomic E-state index is 5.94. The topological polar surface area (TPSA) is 27.7 Å². The van der Waals surface area contributed by atoms with E-state index in [-0.39, 0.29) is 0 Å². The van der Waals surface area contributed by atoms with Crippen molar-refractivity contribution < 1.29 is 14.2 Å². The Balaban J connectivity index is 1.44. The van der Waals surface area contributed by atoms with E-state index in [1.165, 1.54) is 5.56 Å². The van der Waals surface area contributed by atoms with Crippen LogP contribution in [-0.2, 0) is 17.8 Å². The van der Waals surface area contributed by atoms with E-state index in [9.17, 15) is 0 Å². The Morgan fingerprint density at radius 2 is 1.50 bits per heavy atom. The van der Waals surface area contributed by atoms with Crippen LogP contribution in [0.5, 0.6) is 17.2 Å². The molecular weight excluding hydrogens is 348 g/mol. The summed E-state index contributed by atoms with van der Waals surface area (Å²) in [6.07, 6.45) is 0.990. The third kappa shape index (κ3) is 6.43. The quantitative estimate of drug-likeness (QED) is 0.417. The molecule has 0 N–H and O–H groups in total. The Kier molecular flexibility index (Phi) is 7.51. The predicted molar refractivity (Wildman–Crippen MR) is 113 cm³/mol. The minimum absolute atomic E-state index is 0.446. The average molecular weight is 376 g/mol. The van der Waals surface area contributed by atoms with Crippen LogP contribution >= 0.6 is 0 Å². The second-order valence-corrected chi connectivity index (χ2v) is 6.96. The summed E-state index contributed by atoms with van der Waals surface area (Å²) in [5.41, 5.74) is 2.42. The molecule has 1 unspecified atom stereocenters. The van der Waals surface area contributed by atoms with Gasteiger partial charge in [-0.15, -0.1) is 0 Å². The van der Waals surface area contributed by atoms with Gasteiger partial charge in [0, 0.05) is 6.61 Å². The summed E-state index contributed by atoms with van der Waals surface area (Å²) in [4.78, 5) is 0. The van der Waals surface area contributed by atoms with Crippen molar-refractivity contribution in [2.24, 2.45) is 5.92 Å². The van der Waals surface area contributed by atoms with E-state index < -0.39 is 0 Å². The highest BCUT2D eigenvalue weighted by Crippen LogP contribution is 2.22. The summed E-state index contributed by atoms with van der Waals surface area (Å²) in [6, 6.07) is 26.2. The van der Waals surface area contributed by atoms with Crippen molar-refractivity contribution in [3.8, 4) is 17.2 Å².